The molecular formula is C19H22FN3O2S. The SMILES string of the molecule is C/C(=C\c1ccccc1F)C(=O)NCc1nc(CN2CCOCC2)cs1. The molecule has 1 fully saturated rings. The van der Waals surface area contributed by atoms with Gasteiger partial charge in [-0.1, -0.05) is 18.2 Å². The van der Waals surface area contributed by atoms with E-state index in [4.69, 9.17) is 4.74 Å². The van der Waals surface area contributed by atoms with Gasteiger partial charge in [0.05, 0.1) is 25.5 Å². The van der Waals surface area contributed by atoms with Crippen LogP contribution in [0.1, 0.15) is 23.2 Å². The third-order valence-electron chi connectivity index (χ3n) is 4.12. The molecule has 1 N–H and O–H groups in total. The molecule has 0 radical (unpaired) electrons. The van der Waals surface area contributed by atoms with Gasteiger partial charge in [-0.2, -0.15) is 0 Å². The Morgan fingerprint density at radius 2 is 2.15 bits per heavy atom. The topological polar surface area (TPSA) is 54.5 Å². The summed E-state index contributed by atoms with van der Waals surface area (Å²) in [6.07, 6.45) is 1.55. The van der Waals surface area contributed by atoms with Gasteiger partial charge in [0, 0.05) is 36.2 Å². The van der Waals surface area contributed by atoms with Crippen LogP contribution in [-0.2, 0) is 22.6 Å². The van der Waals surface area contributed by atoms with E-state index in [1.54, 1.807) is 31.2 Å². The van der Waals surface area contributed by atoms with Gasteiger partial charge < -0.3 is 10.1 Å². The molecule has 1 aromatic carbocycles. The first-order chi connectivity index (χ1) is 12.6. The van der Waals surface area contributed by atoms with E-state index in [2.05, 4.69) is 15.2 Å². The number of nitrogens with zero attached hydrogens (tertiary/aromatic N) is 2. The molecule has 26 heavy (non-hydrogen) atoms. The number of nitrogens with one attached hydrogen (secondary N) is 1. The molecule has 1 aliphatic heterocycles. The predicted molar refractivity (Wildman–Crippen MR) is 100 cm³/mol. The van der Waals surface area contributed by atoms with Gasteiger partial charge in [0.1, 0.15) is 10.8 Å². The van der Waals surface area contributed by atoms with Gasteiger partial charge in [0.25, 0.3) is 0 Å². The Balaban J connectivity index is 1.52. The predicted octanol–water partition coefficient (Wildman–Crippen LogP) is 2.83. The molecular weight excluding hydrogens is 353 g/mol. The molecule has 1 aliphatic rings. The van der Waals surface area contributed by atoms with Gasteiger partial charge in [-0.15, -0.1) is 11.3 Å². The fraction of sp³-hybridized carbons (Fsp3) is 0.368. The molecule has 1 aromatic heterocycles. The molecule has 0 unspecified atom stereocenters. The van der Waals surface area contributed by atoms with Crippen molar-refractivity contribution >= 4 is 23.3 Å². The van der Waals surface area contributed by atoms with Crippen LogP contribution in [-0.4, -0.2) is 42.1 Å². The lowest BCUT2D eigenvalue weighted by molar-refractivity contribution is -0.117. The molecule has 0 spiro atoms. The van der Waals surface area contributed by atoms with E-state index in [1.165, 1.54) is 17.4 Å². The van der Waals surface area contributed by atoms with E-state index in [1.807, 2.05) is 5.38 Å². The number of hydrogen-bond donors (Lipinski definition) is 1. The second-order valence-electron chi connectivity index (χ2n) is 6.15. The highest BCUT2D eigenvalue weighted by Crippen LogP contribution is 2.14. The van der Waals surface area contributed by atoms with Crippen LogP contribution in [0, 0.1) is 5.82 Å². The number of ether oxygens (including phenoxy) is 1. The highest BCUT2D eigenvalue weighted by atomic mass is 32.1. The van der Waals surface area contributed by atoms with Crippen LogP contribution in [0.2, 0.25) is 0 Å². The van der Waals surface area contributed by atoms with Crippen molar-refractivity contribution in [1.29, 1.82) is 0 Å². The Hall–Kier alpha value is -2.09. The van der Waals surface area contributed by atoms with Crippen molar-refractivity contribution in [2.45, 2.75) is 20.0 Å². The standard InChI is InChI=1S/C19H22FN3O2S/c1-14(10-15-4-2-3-5-17(15)20)19(24)21-11-18-22-16(13-26-18)12-23-6-8-25-9-7-23/h2-5,10,13H,6-9,11-12H2,1H3,(H,21,24)/b14-10+. The highest BCUT2D eigenvalue weighted by Gasteiger charge is 2.13. The summed E-state index contributed by atoms with van der Waals surface area (Å²) in [7, 11) is 0. The monoisotopic (exact) mass is 375 g/mol. The summed E-state index contributed by atoms with van der Waals surface area (Å²) in [5.41, 5.74) is 1.88. The Kier molecular flexibility index (Phi) is 6.49. The van der Waals surface area contributed by atoms with Crippen LogP contribution in [0.15, 0.2) is 35.2 Å². The summed E-state index contributed by atoms with van der Waals surface area (Å²) < 4.78 is 19.0. The molecule has 2 aromatic rings. The summed E-state index contributed by atoms with van der Waals surface area (Å²) in [5.74, 6) is -0.564. The van der Waals surface area contributed by atoms with Crippen molar-refractivity contribution in [2.24, 2.45) is 0 Å². The molecule has 138 valence electrons. The Morgan fingerprint density at radius 1 is 1.38 bits per heavy atom. The van der Waals surface area contributed by atoms with Crippen LogP contribution in [0.5, 0.6) is 0 Å². The van der Waals surface area contributed by atoms with Crippen molar-refractivity contribution in [1.82, 2.24) is 15.2 Å². The van der Waals surface area contributed by atoms with Crippen molar-refractivity contribution in [3.63, 3.8) is 0 Å². The number of amides is 1. The summed E-state index contributed by atoms with van der Waals surface area (Å²) in [6.45, 7) is 6.22. The number of carbonyl (C=O) groups is 1. The van der Waals surface area contributed by atoms with E-state index in [9.17, 15) is 9.18 Å². The normalized spacial score (nSPS) is 15.8. The Bertz CT molecular complexity index is 785. The molecule has 0 aliphatic carbocycles. The van der Waals surface area contributed by atoms with Gasteiger partial charge in [-0.3, -0.25) is 9.69 Å². The lowest BCUT2D eigenvalue weighted by Crippen LogP contribution is -2.35. The lowest BCUT2D eigenvalue weighted by Gasteiger charge is -2.25. The first kappa shape index (κ1) is 18.7. The fourth-order valence-corrected chi connectivity index (χ4v) is 3.40. The molecule has 2 heterocycles. The number of rotatable bonds is 6. The lowest BCUT2D eigenvalue weighted by atomic mass is 10.1. The molecule has 0 bridgehead atoms. The van der Waals surface area contributed by atoms with Gasteiger partial charge in [0.15, 0.2) is 0 Å². The number of benzene rings is 1. The van der Waals surface area contributed by atoms with E-state index in [0.717, 1.165) is 43.5 Å². The zero-order chi connectivity index (χ0) is 18.4. The summed E-state index contributed by atoms with van der Waals surface area (Å²) in [6, 6.07) is 6.39. The Labute approximate surface area is 156 Å². The quantitative estimate of drug-likeness (QED) is 0.789. The van der Waals surface area contributed by atoms with Gasteiger partial charge >= 0.3 is 0 Å². The minimum absolute atomic E-state index is 0.224. The average Bonchev–Trinajstić information content (AvgIpc) is 3.09. The van der Waals surface area contributed by atoms with Crippen LogP contribution in [0.3, 0.4) is 0 Å². The summed E-state index contributed by atoms with van der Waals surface area (Å²) in [4.78, 5) is 19.1. The van der Waals surface area contributed by atoms with Crippen LogP contribution in [0.25, 0.3) is 6.08 Å². The summed E-state index contributed by atoms with van der Waals surface area (Å²) in [5, 5.41) is 5.73. The van der Waals surface area contributed by atoms with Crippen molar-refractivity contribution in [3.05, 3.63) is 57.3 Å². The number of carbonyl (C=O) groups excluding carboxylic acids is 1. The Morgan fingerprint density at radius 3 is 2.92 bits per heavy atom. The number of halogens is 1. The molecule has 0 atom stereocenters. The van der Waals surface area contributed by atoms with Crippen LogP contribution < -0.4 is 5.32 Å². The van der Waals surface area contributed by atoms with Crippen molar-refractivity contribution in [2.75, 3.05) is 26.3 Å². The van der Waals surface area contributed by atoms with Crippen molar-refractivity contribution in [3.8, 4) is 0 Å². The van der Waals surface area contributed by atoms with Crippen LogP contribution in [0.4, 0.5) is 4.39 Å². The minimum atomic E-state index is -0.340. The highest BCUT2D eigenvalue weighted by molar-refractivity contribution is 7.09. The van der Waals surface area contributed by atoms with E-state index in [-0.39, 0.29) is 11.7 Å². The number of aromatic nitrogens is 1. The van der Waals surface area contributed by atoms with E-state index < -0.39 is 0 Å². The maximum atomic E-state index is 13.7. The first-order valence-electron chi connectivity index (χ1n) is 8.56. The van der Waals surface area contributed by atoms with Crippen molar-refractivity contribution < 1.29 is 13.9 Å². The zero-order valence-corrected chi connectivity index (χ0v) is 15.5. The number of hydrogen-bond acceptors (Lipinski definition) is 5. The van der Waals surface area contributed by atoms with E-state index >= 15 is 0 Å². The smallest absolute Gasteiger partial charge is 0.247 e. The zero-order valence-electron chi connectivity index (χ0n) is 14.7. The second kappa shape index (κ2) is 9.02. The molecule has 7 heteroatoms. The first-order valence-corrected chi connectivity index (χ1v) is 9.44. The largest absolute Gasteiger partial charge is 0.379 e. The summed E-state index contributed by atoms with van der Waals surface area (Å²) >= 11 is 1.54. The number of thiazole rings is 1. The number of morpholine rings is 1. The second-order valence-corrected chi connectivity index (χ2v) is 7.10. The molecule has 1 saturated heterocycles. The molecule has 3 rings (SSSR count). The third kappa shape index (κ3) is 5.20. The average molecular weight is 375 g/mol. The van der Waals surface area contributed by atoms with Crippen LogP contribution >= 0.6 is 11.3 Å². The maximum absolute atomic E-state index is 13.7. The third-order valence-corrected chi connectivity index (χ3v) is 5.02. The van der Waals surface area contributed by atoms with Gasteiger partial charge in [-0.25, -0.2) is 9.37 Å². The van der Waals surface area contributed by atoms with Gasteiger partial charge in [-0.05, 0) is 19.1 Å². The molecule has 0 saturated carbocycles. The van der Waals surface area contributed by atoms with E-state index in [0.29, 0.717) is 17.7 Å². The maximum Gasteiger partial charge on any atom is 0.247 e. The van der Waals surface area contributed by atoms with Gasteiger partial charge in [0.2, 0.25) is 5.91 Å². The molecule has 1 amide bonds. The fourth-order valence-electron chi connectivity index (χ4n) is 2.68. The molecule has 5 nitrogen and oxygen atoms in total. The minimum Gasteiger partial charge on any atom is -0.379 e.